The number of fused-ring (bicyclic) bond motifs is 1. The zero-order chi connectivity index (χ0) is 26.1. The van der Waals surface area contributed by atoms with Crippen LogP contribution in [-0.4, -0.2) is 40.6 Å². The maximum Gasteiger partial charge on any atom is 0.354 e. The first-order valence-electron chi connectivity index (χ1n) is 12.4. The molecule has 8 nitrogen and oxygen atoms in total. The second-order valence-electron chi connectivity index (χ2n) is 6.81. The number of benzene rings is 1. The minimum Gasteiger partial charge on any atom is -0.370 e. The molecule has 3 rings (SSSR count). The number of nitrogens with zero attached hydrogens (tertiary/aromatic N) is 3. The second kappa shape index (κ2) is 17.4. The lowest BCUT2D eigenvalue weighted by Gasteiger charge is -2.15. The Kier molecular flexibility index (Phi) is 15.8. The molecule has 8 heteroatoms. The second-order valence-corrected chi connectivity index (χ2v) is 6.81. The van der Waals surface area contributed by atoms with E-state index >= 15 is 0 Å². The first kappa shape index (κ1) is 30.9. The third-order valence-corrected chi connectivity index (χ3v) is 4.67. The molecule has 0 unspecified atom stereocenters. The van der Waals surface area contributed by atoms with E-state index in [1.807, 2.05) is 85.0 Å². The van der Waals surface area contributed by atoms with Gasteiger partial charge in [0, 0.05) is 36.9 Å². The van der Waals surface area contributed by atoms with Crippen molar-refractivity contribution in [2.45, 2.75) is 67.9 Å². The number of aryl methyl sites for hydroxylation is 1. The van der Waals surface area contributed by atoms with Crippen molar-refractivity contribution < 1.29 is 0 Å². The molecule has 1 atom stereocenters. The standard InChI is InChI=1S/C20H27N7O.3C2H6/c1-13-11-16-12-27(20(28)26-18(16)25-13)17-7-5-15(6-8-17)14(2)23-9-4-10-24-19(21)22-3;3*1-2/h5-8,11-12,14,23H,4,9-10H2,1-3H3,(H3,21,22,24)(H,25,26,28);3*1-2H3/t14-;;;/m0.../s1. The molecular formula is C26H45N7O. The summed E-state index contributed by atoms with van der Waals surface area (Å²) in [4.78, 5) is 23.4. The number of nitrogens with one attached hydrogen (secondary N) is 3. The van der Waals surface area contributed by atoms with Crippen molar-refractivity contribution in [2.24, 2.45) is 10.7 Å². The smallest absolute Gasteiger partial charge is 0.354 e. The van der Waals surface area contributed by atoms with Crippen LogP contribution < -0.4 is 22.1 Å². The van der Waals surface area contributed by atoms with Crippen LogP contribution in [0.4, 0.5) is 0 Å². The van der Waals surface area contributed by atoms with Crippen LogP contribution in [0.3, 0.4) is 0 Å². The van der Waals surface area contributed by atoms with E-state index in [-0.39, 0.29) is 11.7 Å². The molecule has 0 aliphatic rings. The number of aliphatic imine (C=N–C) groups is 1. The normalized spacial score (nSPS) is 11.3. The monoisotopic (exact) mass is 471 g/mol. The first-order chi connectivity index (χ1) is 16.5. The Labute approximate surface area is 205 Å². The van der Waals surface area contributed by atoms with Gasteiger partial charge in [-0.3, -0.25) is 9.56 Å². The van der Waals surface area contributed by atoms with Gasteiger partial charge in [0.05, 0.1) is 5.69 Å². The largest absolute Gasteiger partial charge is 0.370 e. The number of aromatic amines is 1. The van der Waals surface area contributed by atoms with Gasteiger partial charge in [-0.05, 0) is 50.6 Å². The van der Waals surface area contributed by atoms with Crippen molar-refractivity contribution in [1.82, 2.24) is 25.2 Å². The number of hydrogen-bond donors (Lipinski definition) is 4. The van der Waals surface area contributed by atoms with Crippen LogP contribution in [0.2, 0.25) is 0 Å². The molecule has 0 radical (unpaired) electrons. The van der Waals surface area contributed by atoms with E-state index in [1.165, 1.54) is 0 Å². The molecule has 0 amide bonds. The minimum atomic E-state index is -0.296. The molecule has 0 spiro atoms. The predicted molar refractivity (Wildman–Crippen MR) is 147 cm³/mol. The summed E-state index contributed by atoms with van der Waals surface area (Å²) in [6.45, 7) is 17.7. The average Bonchev–Trinajstić information content (AvgIpc) is 3.25. The Balaban J connectivity index is 0.00000168. The molecule has 190 valence electrons. The Morgan fingerprint density at radius 1 is 1.12 bits per heavy atom. The van der Waals surface area contributed by atoms with Crippen molar-refractivity contribution in [2.75, 3.05) is 20.1 Å². The Morgan fingerprint density at radius 2 is 1.74 bits per heavy atom. The summed E-state index contributed by atoms with van der Waals surface area (Å²) in [7, 11) is 1.66. The summed E-state index contributed by atoms with van der Waals surface area (Å²) in [6, 6.07) is 10.1. The zero-order valence-electron chi connectivity index (χ0n) is 22.5. The Hall–Kier alpha value is -3.13. The van der Waals surface area contributed by atoms with E-state index in [0.29, 0.717) is 11.6 Å². The van der Waals surface area contributed by atoms with Crippen LogP contribution in [0.1, 0.15) is 72.2 Å². The zero-order valence-corrected chi connectivity index (χ0v) is 22.5. The molecule has 2 aromatic heterocycles. The summed E-state index contributed by atoms with van der Waals surface area (Å²) < 4.78 is 1.57. The van der Waals surface area contributed by atoms with Crippen LogP contribution in [0.5, 0.6) is 0 Å². The van der Waals surface area contributed by atoms with Crippen molar-refractivity contribution in [3.63, 3.8) is 0 Å². The quantitative estimate of drug-likeness (QED) is 0.227. The minimum absolute atomic E-state index is 0.205. The van der Waals surface area contributed by atoms with Crippen molar-refractivity contribution in [3.8, 4) is 5.69 Å². The SMILES string of the molecule is CC.CC.CC.CN=C(N)NCCCN[C@@H](C)c1ccc(-n2cc3cc(C)[nH]c3nc2=O)cc1. The van der Waals surface area contributed by atoms with E-state index in [0.717, 1.165) is 41.8 Å². The van der Waals surface area contributed by atoms with Gasteiger partial charge in [0.25, 0.3) is 0 Å². The third kappa shape index (κ3) is 9.39. The number of aromatic nitrogens is 3. The highest BCUT2D eigenvalue weighted by Crippen LogP contribution is 2.17. The number of guanidine groups is 1. The fourth-order valence-electron chi connectivity index (χ4n) is 3.06. The van der Waals surface area contributed by atoms with E-state index in [9.17, 15) is 4.79 Å². The highest BCUT2D eigenvalue weighted by Gasteiger charge is 2.08. The van der Waals surface area contributed by atoms with Crippen LogP contribution in [0.15, 0.2) is 46.3 Å². The van der Waals surface area contributed by atoms with E-state index in [1.54, 1.807) is 11.6 Å². The average molecular weight is 472 g/mol. The van der Waals surface area contributed by atoms with Crippen molar-refractivity contribution in [3.05, 3.63) is 58.3 Å². The Bertz CT molecular complexity index is 1020. The lowest BCUT2D eigenvalue weighted by Crippen LogP contribution is -2.33. The summed E-state index contributed by atoms with van der Waals surface area (Å²) in [6.07, 6.45) is 2.76. The van der Waals surface area contributed by atoms with Gasteiger partial charge in [-0.25, -0.2) is 4.79 Å². The van der Waals surface area contributed by atoms with Crippen LogP contribution in [0, 0.1) is 6.92 Å². The van der Waals surface area contributed by atoms with Gasteiger partial charge in [0.1, 0.15) is 5.65 Å². The van der Waals surface area contributed by atoms with Gasteiger partial charge in [-0.2, -0.15) is 4.98 Å². The fourth-order valence-corrected chi connectivity index (χ4v) is 3.06. The molecule has 0 fully saturated rings. The lowest BCUT2D eigenvalue weighted by atomic mass is 10.1. The van der Waals surface area contributed by atoms with Crippen molar-refractivity contribution in [1.29, 1.82) is 0 Å². The molecule has 2 heterocycles. The maximum absolute atomic E-state index is 12.3. The molecule has 0 saturated heterocycles. The molecule has 3 aromatic rings. The van der Waals surface area contributed by atoms with Gasteiger partial charge in [0.2, 0.25) is 0 Å². The fraction of sp³-hybridized carbons (Fsp3) is 0.500. The van der Waals surface area contributed by atoms with E-state index in [4.69, 9.17) is 5.73 Å². The molecule has 0 bridgehead atoms. The molecule has 0 aliphatic carbocycles. The summed E-state index contributed by atoms with van der Waals surface area (Å²) in [5, 5.41) is 7.44. The van der Waals surface area contributed by atoms with E-state index < -0.39 is 0 Å². The molecule has 1 aromatic carbocycles. The highest BCUT2D eigenvalue weighted by molar-refractivity contribution is 5.77. The molecule has 34 heavy (non-hydrogen) atoms. The third-order valence-electron chi connectivity index (χ3n) is 4.67. The highest BCUT2D eigenvalue weighted by atomic mass is 16.1. The summed E-state index contributed by atoms with van der Waals surface area (Å²) in [5.41, 5.74) is 8.86. The van der Waals surface area contributed by atoms with Crippen molar-refractivity contribution >= 4 is 17.0 Å². The number of H-pyrrole nitrogens is 1. The van der Waals surface area contributed by atoms with E-state index in [2.05, 4.69) is 32.5 Å². The van der Waals surface area contributed by atoms with Gasteiger partial charge >= 0.3 is 5.69 Å². The number of nitrogens with two attached hydrogens (primary N) is 1. The molecule has 0 saturated carbocycles. The number of rotatable bonds is 7. The Morgan fingerprint density at radius 3 is 2.32 bits per heavy atom. The van der Waals surface area contributed by atoms with Gasteiger partial charge in [-0.15, -0.1) is 0 Å². The molecule has 0 aliphatic heterocycles. The lowest BCUT2D eigenvalue weighted by molar-refractivity contribution is 0.555. The molecular weight excluding hydrogens is 426 g/mol. The summed E-state index contributed by atoms with van der Waals surface area (Å²) in [5.74, 6) is 0.460. The van der Waals surface area contributed by atoms with Gasteiger partial charge < -0.3 is 21.4 Å². The van der Waals surface area contributed by atoms with Crippen LogP contribution in [0.25, 0.3) is 16.7 Å². The maximum atomic E-state index is 12.3. The predicted octanol–water partition coefficient (Wildman–Crippen LogP) is 4.68. The van der Waals surface area contributed by atoms with Crippen LogP contribution in [-0.2, 0) is 0 Å². The molecule has 5 N–H and O–H groups in total. The van der Waals surface area contributed by atoms with Gasteiger partial charge in [-0.1, -0.05) is 53.7 Å². The summed E-state index contributed by atoms with van der Waals surface area (Å²) >= 11 is 0. The van der Waals surface area contributed by atoms with Gasteiger partial charge in [0.15, 0.2) is 5.96 Å². The number of hydrogen-bond acceptors (Lipinski definition) is 4. The first-order valence-corrected chi connectivity index (χ1v) is 12.4. The topological polar surface area (TPSA) is 113 Å². The van der Waals surface area contributed by atoms with Crippen LogP contribution >= 0.6 is 0 Å².